The van der Waals surface area contributed by atoms with E-state index in [1.165, 1.54) is 30.3 Å². The van der Waals surface area contributed by atoms with Gasteiger partial charge in [0.15, 0.2) is 0 Å². The van der Waals surface area contributed by atoms with Gasteiger partial charge in [-0.05, 0) is 42.5 Å². The Kier molecular flexibility index (Phi) is 9.54. The van der Waals surface area contributed by atoms with Gasteiger partial charge >= 0.3 is 18.1 Å². The minimum atomic E-state index is -5.08. The second kappa shape index (κ2) is 12.1. The molecule has 3 N–H and O–H groups in total. The Hall–Kier alpha value is -3.71. The van der Waals surface area contributed by atoms with Crippen LogP contribution in [-0.4, -0.2) is 73.8 Å². The summed E-state index contributed by atoms with van der Waals surface area (Å²) in [5.74, 6) is -4.76. The SMILES string of the molecule is CN(CC1COCCO1)c1ccc(NC(=O)c2ccc(F)cc2)cc1C(=O)O.O=C(O)C(F)(F)F. The highest BCUT2D eigenvalue weighted by Crippen LogP contribution is 2.25. The van der Waals surface area contributed by atoms with Crippen molar-refractivity contribution in [3.63, 3.8) is 0 Å². The minimum Gasteiger partial charge on any atom is -0.478 e. The molecule has 1 heterocycles. The van der Waals surface area contributed by atoms with Gasteiger partial charge in [-0.15, -0.1) is 0 Å². The quantitative estimate of drug-likeness (QED) is 0.514. The third-order valence-corrected chi connectivity index (χ3v) is 4.61. The Labute approximate surface area is 196 Å². The number of carboxylic acid groups (broad SMARTS) is 2. The number of ether oxygens (including phenoxy) is 2. The Balaban J connectivity index is 0.000000540. The zero-order valence-corrected chi connectivity index (χ0v) is 18.3. The van der Waals surface area contributed by atoms with E-state index < -0.39 is 29.8 Å². The van der Waals surface area contributed by atoms with Crippen LogP contribution in [0.5, 0.6) is 0 Å². The maximum Gasteiger partial charge on any atom is 0.490 e. The van der Waals surface area contributed by atoms with Crippen LogP contribution in [0.2, 0.25) is 0 Å². The smallest absolute Gasteiger partial charge is 0.478 e. The van der Waals surface area contributed by atoms with Crippen molar-refractivity contribution >= 4 is 29.2 Å². The van der Waals surface area contributed by atoms with Gasteiger partial charge in [-0.25, -0.2) is 14.0 Å². The fraction of sp³-hybridized carbons (Fsp3) is 0.318. The van der Waals surface area contributed by atoms with Crippen molar-refractivity contribution in [1.82, 2.24) is 0 Å². The van der Waals surface area contributed by atoms with Gasteiger partial charge in [0.25, 0.3) is 5.91 Å². The third-order valence-electron chi connectivity index (χ3n) is 4.61. The number of benzene rings is 2. The number of rotatable bonds is 6. The fourth-order valence-electron chi connectivity index (χ4n) is 2.97. The molecule has 1 amide bonds. The van der Waals surface area contributed by atoms with E-state index in [2.05, 4.69) is 5.32 Å². The van der Waals surface area contributed by atoms with Crippen LogP contribution >= 0.6 is 0 Å². The summed E-state index contributed by atoms with van der Waals surface area (Å²) < 4.78 is 55.7. The Morgan fingerprint density at radius 1 is 1.09 bits per heavy atom. The number of halogens is 4. The van der Waals surface area contributed by atoms with E-state index in [4.69, 9.17) is 19.4 Å². The molecule has 1 aliphatic rings. The molecule has 2 aromatic carbocycles. The highest BCUT2D eigenvalue weighted by molar-refractivity contribution is 6.05. The van der Waals surface area contributed by atoms with Crippen LogP contribution in [0.1, 0.15) is 20.7 Å². The molecular weight excluding hydrogens is 480 g/mol. The van der Waals surface area contributed by atoms with Crippen LogP contribution in [-0.2, 0) is 14.3 Å². The lowest BCUT2D eigenvalue weighted by molar-refractivity contribution is -0.192. The number of carbonyl (C=O) groups is 3. The number of likely N-dealkylation sites (N-methyl/N-ethyl adjacent to an activating group) is 1. The average Bonchev–Trinajstić information content (AvgIpc) is 2.79. The van der Waals surface area contributed by atoms with Gasteiger partial charge in [0.05, 0.1) is 37.2 Å². The topological polar surface area (TPSA) is 125 Å². The molecule has 0 spiro atoms. The molecule has 13 heteroatoms. The summed E-state index contributed by atoms with van der Waals surface area (Å²) >= 11 is 0. The average molecular weight is 502 g/mol. The van der Waals surface area contributed by atoms with Crippen LogP contribution < -0.4 is 10.2 Å². The summed E-state index contributed by atoms with van der Waals surface area (Å²) in [4.78, 5) is 34.7. The Morgan fingerprint density at radius 3 is 2.23 bits per heavy atom. The number of anilines is 2. The van der Waals surface area contributed by atoms with Crippen molar-refractivity contribution in [3.8, 4) is 0 Å². The third kappa shape index (κ3) is 8.54. The molecule has 0 saturated carbocycles. The normalized spacial score (nSPS) is 15.4. The lowest BCUT2D eigenvalue weighted by Gasteiger charge is -2.29. The molecule has 9 nitrogen and oxygen atoms in total. The first-order valence-corrected chi connectivity index (χ1v) is 10.0. The van der Waals surface area contributed by atoms with E-state index in [1.807, 2.05) is 0 Å². The van der Waals surface area contributed by atoms with Gasteiger partial charge in [-0.1, -0.05) is 0 Å². The Morgan fingerprint density at radius 2 is 1.71 bits per heavy atom. The summed E-state index contributed by atoms with van der Waals surface area (Å²) in [7, 11) is 1.77. The van der Waals surface area contributed by atoms with Crippen molar-refractivity contribution in [2.24, 2.45) is 0 Å². The van der Waals surface area contributed by atoms with Gasteiger partial charge in [0, 0.05) is 24.8 Å². The molecule has 0 radical (unpaired) electrons. The zero-order chi connectivity index (χ0) is 26.2. The largest absolute Gasteiger partial charge is 0.490 e. The predicted octanol–water partition coefficient (Wildman–Crippen LogP) is 3.26. The van der Waals surface area contributed by atoms with Gasteiger partial charge < -0.3 is 29.9 Å². The second-order valence-corrected chi connectivity index (χ2v) is 7.25. The monoisotopic (exact) mass is 502 g/mol. The molecule has 35 heavy (non-hydrogen) atoms. The molecule has 0 bridgehead atoms. The van der Waals surface area contributed by atoms with Crippen LogP contribution in [0.4, 0.5) is 28.9 Å². The highest BCUT2D eigenvalue weighted by Gasteiger charge is 2.38. The van der Waals surface area contributed by atoms with Crippen molar-refractivity contribution in [1.29, 1.82) is 0 Å². The van der Waals surface area contributed by atoms with E-state index in [0.29, 0.717) is 37.7 Å². The van der Waals surface area contributed by atoms with Crippen molar-refractivity contribution in [2.45, 2.75) is 12.3 Å². The zero-order valence-electron chi connectivity index (χ0n) is 18.3. The van der Waals surface area contributed by atoms with Crippen LogP contribution in [0.15, 0.2) is 42.5 Å². The molecule has 2 aromatic rings. The van der Waals surface area contributed by atoms with Crippen molar-refractivity contribution in [3.05, 3.63) is 59.4 Å². The first-order chi connectivity index (χ1) is 16.4. The highest BCUT2D eigenvalue weighted by atomic mass is 19.4. The second-order valence-electron chi connectivity index (χ2n) is 7.25. The summed E-state index contributed by atoms with van der Waals surface area (Å²) in [5, 5.41) is 19.3. The first-order valence-electron chi connectivity index (χ1n) is 10.0. The lowest BCUT2D eigenvalue weighted by atomic mass is 10.1. The molecule has 1 atom stereocenters. The van der Waals surface area contributed by atoms with Crippen molar-refractivity contribution in [2.75, 3.05) is 43.6 Å². The predicted molar refractivity (Wildman–Crippen MR) is 115 cm³/mol. The van der Waals surface area contributed by atoms with Crippen LogP contribution in [0.25, 0.3) is 0 Å². The molecule has 3 rings (SSSR count). The minimum absolute atomic E-state index is 0.0520. The standard InChI is InChI=1S/C20H21FN2O5.C2HF3O2/c1-23(11-16-12-27-8-9-28-16)18-7-6-15(10-17(18)20(25)26)22-19(24)13-2-4-14(21)5-3-13;3-2(4,5)1(6)7/h2-7,10,16H,8-9,11-12H2,1H3,(H,22,24)(H,25,26);(H,6,7). The van der Waals surface area contributed by atoms with E-state index in [-0.39, 0.29) is 17.2 Å². The van der Waals surface area contributed by atoms with Gasteiger partial charge in [0.1, 0.15) is 5.82 Å². The van der Waals surface area contributed by atoms with Gasteiger partial charge in [-0.2, -0.15) is 13.2 Å². The van der Waals surface area contributed by atoms with E-state index >= 15 is 0 Å². The number of hydrogen-bond acceptors (Lipinski definition) is 6. The molecule has 190 valence electrons. The number of carbonyl (C=O) groups excluding carboxylic acids is 1. The summed E-state index contributed by atoms with van der Waals surface area (Å²) in [6.45, 7) is 2.00. The van der Waals surface area contributed by atoms with Crippen LogP contribution in [0.3, 0.4) is 0 Å². The maximum absolute atomic E-state index is 13.0. The fourth-order valence-corrected chi connectivity index (χ4v) is 2.97. The van der Waals surface area contributed by atoms with Crippen molar-refractivity contribution < 1.29 is 51.6 Å². The molecule has 1 fully saturated rings. The summed E-state index contributed by atoms with van der Waals surface area (Å²) in [6, 6.07) is 9.74. The number of hydrogen-bond donors (Lipinski definition) is 3. The molecule has 0 aromatic heterocycles. The Bertz CT molecular complexity index is 1040. The number of aromatic carboxylic acids is 1. The molecule has 1 saturated heterocycles. The van der Waals surface area contributed by atoms with Gasteiger partial charge in [0.2, 0.25) is 0 Å². The number of nitrogens with zero attached hydrogens (tertiary/aromatic N) is 1. The van der Waals surface area contributed by atoms with Crippen LogP contribution in [0, 0.1) is 5.82 Å². The number of aliphatic carboxylic acids is 1. The van der Waals surface area contributed by atoms with E-state index in [9.17, 15) is 32.3 Å². The number of carboxylic acids is 2. The number of nitrogens with one attached hydrogen (secondary N) is 1. The summed E-state index contributed by atoms with van der Waals surface area (Å²) in [6.07, 6.45) is -5.22. The number of alkyl halides is 3. The van der Waals surface area contributed by atoms with Gasteiger partial charge in [-0.3, -0.25) is 4.79 Å². The molecule has 1 aliphatic heterocycles. The number of amides is 1. The maximum atomic E-state index is 13.0. The lowest BCUT2D eigenvalue weighted by Crippen LogP contribution is -2.38. The first kappa shape index (κ1) is 27.5. The molecular formula is C22H22F4N2O7. The van der Waals surface area contributed by atoms with E-state index in [0.717, 1.165) is 0 Å². The molecule has 0 aliphatic carbocycles. The molecule has 1 unspecified atom stereocenters. The summed E-state index contributed by atoms with van der Waals surface area (Å²) in [5.41, 5.74) is 1.16. The van der Waals surface area contributed by atoms with E-state index in [1.54, 1.807) is 24.1 Å².